The van der Waals surface area contributed by atoms with Crippen LogP contribution in [0.3, 0.4) is 0 Å². The molecule has 0 radical (unpaired) electrons. The maximum atomic E-state index is 13.1. The number of rotatable bonds is 6. The number of ether oxygens (including phenoxy) is 1. The Kier molecular flexibility index (Phi) is 6.49. The van der Waals surface area contributed by atoms with Crippen molar-refractivity contribution in [2.45, 2.75) is 19.3 Å². The van der Waals surface area contributed by atoms with Gasteiger partial charge in [0.1, 0.15) is 5.82 Å². The lowest BCUT2D eigenvalue weighted by atomic mass is 10.1. The standard InChI is InChI=1S/C13H15BrFNO3/c1-19-13(18)10-8-9(15)5-6-11(10)16-12(17)4-2-3-7-14/h5-6,8H,2-4,7H2,1H3,(H,16,17). The van der Waals surface area contributed by atoms with Gasteiger partial charge >= 0.3 is 5.97 Å². The summed E-state index contributed by atoms with van der Waals surface area (Å²) < 4.78 is 17.7. The van der Waals surface area contributed by atoms with Crippen molar-refractivity contribution in [1.29, 1.82) is 0 Å². The Hall–Kier alpha value is -1.43. The molecule has 0 unspecified atom stereocenters. The number of hydrogen-bond acceptors (Lipinski definition) is 3. The number of halogens is 2. The molecule has 0 fully saturated rings. The van der Waals surface area contributed by atoms with Crippen molar-refractivity contribution >= 4 is 33.5 Å². The Labute approximate surface area is 119 Å². The van der Waals surface area contributed by atoms with E-state index in [1.165, 1.54) is 19.2 Å². The molecule has 19 heavy (non-hydrogen) atoms. The van der Waals surface area contributed by atoms with Gasteiger partial charge in [0.15, 0.2) is 0 Å². The van der Waals surface area contributed by atoms with Crippen LogP contribution >= 0.6 is 15.9 Å². The minimum Gasteiger partial charge on any atom is -0.465 e. The highest BCUT2D eigenvalue weighted by Crippen LogP contribution is 2.18. The number of esters is 1. The van der Waals surface area contributed by atoms with E-state index < -0.39 is 11.8 Å². The number of unbranched alkanes of at least 4 members (excludes halogenated alkanes) is 1. The summed E-state index contributed by atoms with van der Waals surface area (Å²) in [6.45, 7) is 0. The molecular weight excluding hydrogens is 317 g/mol. The second kappa shape index (κ2) is 7.89. The number of amides is 1. The highest BCUT2D eigenvalue weighted by Gasteiger charge is 2.14. The number of methoxy groups -OCH3 is 1. The van der Waals surface area contributed by atoms with E-state index in [0.717, 1.165) is 24.2 Å². The number of benzene rings is 1. The lowest BCUT2D eigenvalue weighted by Crippen LogP contribution is -2.15. The fourth-order valence-corrected chi connectivity index (χ4v) is 1.89. The molecule has 0 bridgehead atoms. The zero-order valence-electron chi connectivity index (χ0n) is 10.5. The van der Waals surface area contributed by atoms with Crippen molar-refractivity contribution in [2.75, 3.05) is 17.8 Å². The fraction of sp³-hybridized carbons (Fsp3) is 0.385. The molecule has 1 aromatic rings. The zero-order chi connectivity index (χ0) is 14.3. The molecule has 0 aromatic heterocycles. The normalized spacial score (nSPS) is 10.1. The quantitative estimate of drug-likeness (QED) is 0.495. The van der Waals surface area contributed by atoms with Crippen molar-refractivity contribution in [3.8, 4) is 0 Å². The fourth-order valence-electron chi connectivity index (χ4n) is 1.50. The third-order valence-corrected chi connectivity index (χ3v) is 3.01. The van der Waals surface area contributed by atoms with Crippen LogP contribution in [-0.4, -0.2) is 24.3 Å². The molecule has 1 amide bonds. The summed E-state index contributed by atoms with van der Waals surface area (Å²) in [5, 5.41) is 3.43. The Morgan fingerprint density at radius 1 is 1.37 bits per heavy atom. The van der Waals surface area contributed by atoms with Gasteiger partial charge in [0.05, 0.1) is 18.4 Å². The summed E-state index contributed by atoms with van der Waals surface area (Å²) in [7, 11) is 1.20. The predicted molar refractivity (Wildman–Crippen MR) is 74.0 cm³/mol. The minimum atomic E-state index is -0.685. The van der Waals surface area contributed by atoms with Crippen molar-refractivity contribution < 1.29 is 18.7 Å². The van der Waals surface area contributed by atoms with Gasteiger partial charge in [0.2, 0.25) is 5.91 Å². The Bertz CT molecular complexity index is 465. The number of hydrogen-bond donors (Lipinski definition) is 1. The number of carbonyl (C=O) groups is 2. The van der Waals surface area contributed by atoms with Crippen LogP contribution in [-0.2, 0) is 9.53 Å². The average molecular weight is 332 g/mol. The number of alkyl halides is 1. The van der Waals surface area contributed by atoms with Gasteiger partial charge in [-0.3, -0.25) is 4.79 Å². The van der Waals surface area contributed by atoms with Crippen LogP contribution in [0.1, 0.15) is 29.6 Å². The van der Waals surface area contributed by atoms with E-state index in [1.807, 2.05) is 0 Å². The van der Waals surface area contributed by atoms with Crippen LogP contribution in [0.5, 0.6) is 0 Å². The molecule has 0 aliphatic heterocycles. The lowest BCUT2D eigenvalue weighted by Gasteiger charge is -2.09. The van der Waals surface area contributed by atoms with Gasteiger partial charge in [-0.05, 0) is 31.0 Å². The van der Waals surface area contributed by atoms with E-state index in [4.69, 9.17) is 0 Å². The molecule has 0 aliphatic carbocycles. The maximum Gasteiger partial charge on any atom is 0.340 e. The first kappa shape index (κ1) is 15.6. The molecule has 1 N–H and O–H groups in total. The Balaban J connectivity index is 2.77. The smallest absolute Gasteiger partial charge is 0.340 e. The first-order valence-electron chi connectivity index (χ1n) is 5.82. The number of carbonyl (C=O) groups excluding carboxylic acids is 2. The van der Waals surface area contributed by atoms with Gasteiger partial charge in [-0.1, -0.05) is 15.9 Å². The second-order valence-electron chi connectivity index (χ2n) is 3.88. The molecule has 0 atom stereocenters. The van der Waals surface area contributed by atoms with Crippen molar-refractivity contribution in [2.24, 2.45) is 0 Å². The molecule has 0 spiro atoms. The van der Waals surface area contributed by atoms with E-state index in [9.17, 15) is 14.0 Å². The van der Waals surface area contributed by atoms with Crippen LogP contribution in [0.4, 0.5) is 10.1 Å². The number of anilines is 1. The molecular formula is C13H15BrFNO3. The molecule has 0 saturated carbocycles. The minimum absolute atomic E-state index is 0.0105. The van der Waals surface area contributed by atoms with E-state index in [-0.39, 0.29) is 17.2 Å². The lowest BCUT2D eigenvalue weighted by molar-refractivity contribution is -0.116. The summed E-state index contributed by atoms with van der Waals surface area (Å²) in [6.07, 6.45) is 1.98. The van der Waals surface area contributed by atoms with Crippen LogP contribution in [0.2, 0.25) is 0 Å². The van der Waals surface area contributed by atoms with Gasteiger partial charge in [-0.15, -0.1) is 0 Å². The van der Waals surface area contributed by atoms with Gasteiger partial charge in [-0.25, -0.2) is 9.18 Å². The van der Waals surface area contributed by atoms with Crippen molar-refractivity contribution in [3.05, 3.63) is 29.6 Å². The highest BCUT2D eigenvalue weighted by atomic mass is 79.9. The molecule has 104 valence electrons. The summed E-state index contributed by atoms with van der Waals surface area (Å²) in [5.41, 5.74) is 0.272. The maximum absolute atomic E-state index is 13.1. The molecule has 6 heteroatoms. The van der Waals surface area contributed by atoms with E-state index >= 15 is 0 Å². The molecule has 4 nitrogen and oxygen atoms in total. The molecule has 1 rings (SSSR count). The zero-order valence-corrected chi connectivity index (χ0v) is 12.1. The highest BCUT2D eigenvalue weighted by molar-refractivity contribution is 9.09. The summed E-state index contributed by atoms with van der Waals surface area (Å²) in [5.74, 6) is -1.45. The van der Waals surface area contributed by atoms with Gasteiger partial charge in [0.25, 0.3) is 0 Å². The number of nitrogens with one attached hydrogen (secondary N) is 1. The van der Waals surface area contributed by atoms with Gasteiger partial charge in [-0.2, -0.15) is 0 Å². The SMILES string of the molecule is COC(=O)c1cc(F)ccc1NC(=O)CCCCBr. The van der Waals surface area contributed by atoms with Crippen molar-refractivity contribution in [3.63, 3.8) is 0 Å². The first-order valence-corrected chi connectivity index (χ1v) is 6.94. The average Bonchev–Trinajstić information content (AvgIpc) is 2.40. The predicted octanol–water partition coefficient (Wildman–Crippen LogP) is 3.12. The van der Waals surface area contributed by atoms with E-state index in [1.54, 1.807) is 0 Å². The monoisotopic (exact) mass is 331 g/mol. The van der Waals surface area contributed by atoms with Gasteiger partial charge < -0.3 is 10.1 Å². The van der Waals surface area contributed by atoms with Crippen LogP contribution in [0.15, 0.2) is 18.2 Å². The Morgan fingerprint density at radius 2 is 2.11 bits per heavy atom. The largest absolute Gasteiger partial charge is 0.465 e. The van der Waals surface area contributed by atoms with Crippen molar-refractivity contribution in [1.82, 2.24) is 0 Å². The van der Waals surface area contributed by atoms with E-state index in [0.29, 0.717) is 6.42 Å². The van der Waals surface area contributed by atoms with E-state index in [2.05, 4.69) is 26.0 Å². The topological polar surface area (TPSA) is 55.4 Å². The molecule has 0 saturated heterocycles. The Morgan fingerprint density at radius 3 is 2.74 bits per heavy atom. The molecule has 0 aliphatic rings. The van der Waals surface area contributed by atoms with Crippen LogP contribution in [0, 0.1) is 5.82 Å². The second-order valence-corrected chi connectivity index (χ2v) is 4.67. The van der Waals surface area contributed by atoms with Gasteiger partial charge in [0, 0.05) is 11.8 Å². The van der Waals surface area contributed by atoms with Crippen LogP contribution < -0.4 is 5.32 Å². The first-order chi connectivity index (χ1) is 9.08. The third kappa shape index (κ3) is 4.98. The third-order valence-electron chi connectivity index (χ3n) is 2.45. The summed E-state index contributed by atoms with van der Waals surface area (Å²) >= 11 is 3.28. The molecule has 1 aromatic carbocycles. The summed E-state index contributed by atoms with van der Waals surface area (Å²) in [6, 6.07) is 3.57. The van der Waals surface area contributed by atoms with Crippen LogP contribution in [0.25, 0.3) is 0 Å². The summed E-state index contributed by atoms with van der Waals surface area (Å²) in [4.78, 5) is 23.1. The molecule has 0 heterocycles.